The fraction of sp³-hybridized carbons (Fsp3) is 0. The van der Waals surface area contributed by atoms with Gasteiger partial charge in [-0.2, -0.15) is 0 Å². The lowest BCUT2D eigenvalue weighted by Crippen LogP contribution is -2.11. The predicted molar refractivity (Wildman–Crippen MR) is 572 cm³/mol. The van der Waals surface area contributed by atoms with E-state index >= 15 is 0 Å². The standard InChI is InChI=1S/C66H44N2O.C64H42N2O/c1-5-20-45(21-6-1)52-28-15-17-33-62(52)67(48-24-9-3-10-25-48)50-38-36-47(37-39-50)58-43-60-57-32-19-35-64-66(57)61(44-59(60)55-31-14-13-30-54(55)58)56-41-40-51(42-65(56)69-64)68(49-26-11-4-12-27-49)63-34-18-16-29-53(63)46-22-7-2-8-23-46;1-4-18-44(19-5-1)52-25-14-15-29-61(52)66(48-23-8-3-9-24-48)49-34-32-45(33-35-49)57-41-59-56-28-16-30-62-64(56)60(42-58(59)54-27-13-12-26-53(54)57)55-38-37-51(40-63(55)67-62)65(47-21-6-2-7-22-47)50-36-31-43-17-10-11-20-46(43)39-50/h1-44H;1-42H. The van der Waals surface area contributed by atoms with Crippen LogP contribution in [0.4, 0.5) is 68.2 Å². The summed E-state index contributed by atoms with van der Waals surface area (Å²) in [6, 6.07) is 188. The third kappa shape index (κ3) is 14.3. The van der Waals surface area contributed by atoms with E-state index < -0.39 is 0 Å². The van der Waals surface area contributed by atoms with E-state index in [1.807, 2.05) is 0 Å². The Labute approximate surface area is 789 Å². The van der Waals surface area contributed by atoms with Crippen LogP contribution in [-0.4, -0.2) is 0 Å². The van der Waals surface area contributed by atoms with E-state index in [1.165, 1.54) is 115 Å². The van der Waals surface area contributed by atoms with Crippen molar-refractivity contribution in [1.82, 2.24) is 0 Å². The fourth-order valence-corrected chi connectivity index (χ4v) is 20.8. The van der Waals surface area contributed by atoms with Crippen LogP contribution in [-0.2, 0) is 0 Å². The van der Waals surface area contributed by atoms with E-state index in [0.717, 1.165) is 130 Å². The van der Waals surface area contributed by atoms with E-state index in [4.69, 9.17) is 9.47 Å². The summed E-state index contributed by atoms with van der Waals surface area (Å²) >= 11 is 0. The van der Waals surface area contributed by atoms with Gasteiger partial charge in [0, 0.05) is 102 Å². The first-order valence-electron chi connectivity index (χ1n) is 46.5. The number of anilines is 12. The second-order valence-electron chi connectivity index (χ2n) is 34.9. The van der Waals surface area contributed by atoms with Crippen molar-refractivity contribution in [3.63, 3.8) is 0 Å². The molecule has 0 amide bonds. The molecule has 638 valence electrons. The molecule has 26 rings (SSSR count). The van der Waals surface area contributed by atoms with Gasteiger partial charge in [0.15, 0.2) is 0 Å². The summed E-state index contributed by atoms with van der Waals surface area (Å²) in [6.45, 7) is 0. The van der Waals surface area contributed by atoms with E-state index in [0.29, 0.717) is 0 Å². The Bertz CT molecular complexity index is 8700. The van der Waals surface area contributed by atoms with E-state index in [1.54, 1.807) is 0 Å². The lowest BCUT2D eigenvalue weighted by molar-refractivity contribution is 0.487. The van der Waals surface area contributed by atoms with Crippen molar-refractivity contribution in [3.8, 4) is 101 Å². The lowest BCUT2D eigenvalue weighted by Gasteiger charge is -2.30. The first-order valence-corrected chi connectivity index (χ1v) is 46.5. The topological polar surface area (TPSA) is 31.4 Å². The zero-order chi connectivity index (χ0) is 89.9. The summed E-state index contributed by atoms with van der Waals surface area (Å²) in [5, 5.41) is 16.8. The number of hydrogen-bond donors (Lipinski definition) is 0. The van der Waals surface area contributed by atoms with Crippen molar-refractivity contribution >= 4 is 144 Å². The molecule has 2 heterocycles. The number of benzene rings is 24. The average molecular weight is 1740 g/mol. The molecule has 6 nitrogen and oxygen atoms in total. The average Bonchev–Trinajstić information content (AvgIpc) is 0.715. The molecule has 24 aromatic carbocycles. The van der Waals surface area contributed by atoms with Gasteiger partial charge in [-0.25, -0.2) is 0 Å². The molecule has 0 N–H and O–H groups in total. The van der Waals surface area contributed by atoms with Crippen molar-refractivity contribution in [2.45, 2.75) is 0 Å². The van der Waals surface area contributed by atoms with Crippen molar-refractivity contribution < 1.29 is 9.47 Å². The smallest absolute Gasteiger partial charge is 0.137 e. The summed E-state index contributed by atoms with van der Waals surface area (Å²) < 4.78 is 13.9. The van der Waals surface area contributed by atoms with Gasteiger partial charge in [-0.1, -0.05) is 346 Å². The zero-order valence-corrected chi connectivity index (χ0v) is 74.3. The Balaban J connectivity index is 0.000000145. The lowest BCUT2D eigenvalue weighted by atomic mass is 9.86. The molecule has 136 heavy (non-hydrogen) atoms. The molecule has 0 saturated heterocycles. The number of ether oxygens (including phenoxy) is 2. The van der Waals surface area contributed by atoms with Gasteiger partial charge in [0.1, 0.15) is 23.0 Å². The van der Waals surface area contributed by atoms with Crippen molar-refractivity contribution in [2.75, 3.05) is 19.6 Å². The van der Waals surface area contributed by atoms with Crippen molar-refractivity contribution in [1.29, 1.82) is 0 Å². The van der Waals surface area contributed by atoms with Crippen LogP contribution in [0, 0.1) is 0 Å². The largest absolute Gasteiger partial charge is 0.456 e. The maximum atomic E-state index is 6.99. The molecule has 0 bridgehead atoms. The quantitative estimate of drug-likeness (QED) is 0.0845. The van der Waals surface area contributed by atoms with Crippen LogP contribution in [0.15, 0.2) is 522 Å². The zero-order valence-electron chi connectivity index (χ0n) is 74.3. The minimum atomic E-state index is 0.835. The van der Waals surface area contributed by atoms with Gasteiger partial charge in [0.05, 0.1) is 17.1 Å². The molecule has 0 aliphatic carbocycles. The number of fused-ring (bicyclic) bond motifs is 13. The molecule has 0 fully saturated rings. The molecule has 0 unspecified atom stereocenters. The molecule has 0 saturated carbocycles. The number of para-hydroxylation sites is 7. The van der Waals surface area contributed by atoms with Crippen molar-refractivity contribution in [2.24, 2.45) is 0 Å². The Morgan fingerprint density at radius 2 is 0.397 bits per heavy atom. The van der Waals surface area contributed by atoms with Gasteiger partial charge in [0.2, 0.25) is 0 Å². The third-order valence-electron chi connectivity index (χ3n) is 27.0. The van der Waals surface area contributed by atoms with E-state index in [-0.39, 0.29) is 0 Å². The molecule has 0 aromatic heterocycles. The Morgan fingerprint density at radius 3 is 0.801 bits per heavy atom. The van der Waals surface area contributed by atoms with Crippen LogP contribution in [0.5, 0.6) is 23.0 Å². The second-order valence-corrected chi connectivity index (χ2v) is 34.9. The summed E-state index contributed by atoms with van der Waals surface area (Å²) in [5.41, 5.74) is 29.3. The Morgan fingerprint density at radius 1 is 0.125 bits per heavy atom. The van der Waals surface area contributed by atoms with E-state index in [2.05, 4.69) is 541 Å². The van der Waals surface area contributed by atoms with Crippen LogP contribution in [0.3, 0.4) is 0 Å². The number of rotatable bonds is 17. The Kier molecular flexibility index (Phi) is 20.2. The number of nitrogens with zero attached hydrogens (tertiary/aromatic N) is 4. The molecular weight excluding hydrogens is 1650 g/mol. The molecule has 6 heteroatoms. The maximum Gasteiger partial charge on any atom is 0.137 e. The van der Waals surface area contributed by atoms with Gasteiger partial charge < -0.3 is 29.1 Å². The summed E-state index contributed by atoms with van der Waals surface area (Å²) in [4.78, 5) is 9.39. The van der Waals surface area contributed by atoms with Crippen LogP contribution in [0.25, 0.3) is 153 Å². The highest BCUT2D eigenvalue weighted by atomic mass is 16.5. The van der Waals surface area contributed by atoms with Crippen LogP contribution in [0.1, 0.15) is 0 Å². The first kappa shape index (κ1) is 80.0. The maximum absolute atomic E-state index is 6.99. The normalized spacial score (nSPS) is 11.6. The highest BCUT2D eigenvalue weighted by molar-refractivity contribution is 6.27. The van der Waals surface area contributed by atoms with Gasteiger partial charge in [-0.05, 0) is 278 Å². The highest BCUT2D eigenvalue weighted by Crippen LogP contribution is 2.57. The molecule has 24 aromatic rings. The first-order chi connectivity index (χ1) is 67.5. The van der Waals surface area contributed by atoms with Gasteiger partial charge in [0.25, 0.3) is 0 Å². The van der Waals surface area contributed by atoms with Crippen molar-refractivity contribution in [3.05, 3.63) is 522 Å². The van der Waals surface area contributed by atoms with Gasteiger partial charge >= 0.3 is 0 Å². The summed E-state index contributed by atoms with van der Waals surface area (Å²) in [5.74, 6) is 3.41. The predicted octanol–water partition coefficient (Wildman–Crippen LogP) is 37.2. The molecular formula is C130H86N4O2. The molecule has 0 radical (unpaired) electrons. The van der Waals surface area contributed by atoms with Gasteiger partial charge in [-0.3, -0.25) is 0 Å². The Hall–Kier alpha value is -18.1. The molecule has 2 aliphatic heterocycles. The summed E-state index contributed by atoms with van der Waals surface area (Å²) in [6.07, 6.45) is 0. The van der Waals surface area contributed by atoms with Gasteiger partial charge in [-0.15, -0.1) is 0 Å². The summed E-state index contributed by atoms with van der Waals surface area (Å²) in [7, 11) is 0. The molecule has 0 atom stereocenters. The van der Waals surface area contributed by atoms with E-state index in [9.17, 15) is 0 Å². The second kappa shape index (κ2) is 34.3. The number of hydrogen-bond acceptors (Lipinski definition) is 6. The van der Waals surface area contributed by atoms with Crippen LogP contribution < -0.4 is 29.1 Å². The fourth-order valence-electron chi connectivity index (χ4n) is 20.8. The van der Waals surface area contributed by atoms with Crippen LogP contribution >= 0.6 is 0 Å². The minimum Gasteiger partial charge on any atom is -0.456 e. The third-order valence-corrected chi connectivity index (χ3v) is 27.0. The van der Waals surface area contributed by atoms with Crippen LogP contribution in [0.2, 0.25) is 0 Å². The SMILES string of the molecule is c1ccc(-c2ccccc2N(c2ccccc2)c2ccc(-c3cc4c5cccc6c5c(cc4c4ccccc34)-c3ccc(N(c4ccccc4)c4ccc5ccccc5c4)cc3O6)cc2)cc1.c1ccc(-c2ccccc2N(c2ccccc2)c2ccc(-c3cc4c5cccc6c5c(cc4c4ccccc34)-c3ccc(N(c4ccccc4)c4ccccc4-c4ccccc4)cc3O6)cc2)cc1. The molecule has 2 aliphatic rings. The monoisotopic (exact) mass is 1730 g/mol. The highest BCUT2D eigenvalue weighted by Gasteiger charge is 2.30. The minimum absolute atomic E-state index is 0.835. The molecule has 0 spiro atoms.